The van der Waals surface area contributed by atoms with E-state index in [9.17, 15) is 4.79 Å². The summed E-state index contributed by atoms with van der Waals surface area (Å²) >= 11 is 3.29. The van der Waals surface area contributed by atoms with Gasteiger partial charge in [-0.15, -0.1) is 0 Å². The fourth-order valence-electron chi connectivity index (χ4n) is 1.00. The van der Waals surface area contributed by atoms with E-state index in [1.165, 1.54) is 0 Å². The van der Waals surface area contributed by atoms with Crippen LogP contribution in [-0.4, -0.2) is 11.2 Å². The second-order valence-corrected chi connectivity index (χ2v) is 3.58. The molecular formula is C11H11BrN2O. The monoisotopic (exact) mass is 266 g/mol. The molecule has 0 aliphatic carbocycles. The summed E-state index contributed by atoms with van der Waals surface area (Å²) in [5.41, 5.74) is 3.50. The molecule has 0 aliphatic rings. The van der Waals surface area contributed by atoms with Crippen molar-refractivity contribution in [1.82, 2.24) is 5.43 Å². The third kappa shape index (κ3) is 3.74. The highest BCUT2D eigenvalue weighted by Crippen LogP contribution is 2.02. The van der Waals surface area contributed by atoms with Crippen LogP contribution in [0.4, 0.5) is 0 Å². The van der Waals surface area contributed by atoms with Crippen LogP contribution in [0.15, 0.2) is 24.3 Å². The molecule has 0 fully saturated rings. The fraction of sp³-hybridized carbons (Fsp3) is 0.182. The summed E-state index contributed by atoms with van der Waals surface area (Å²) in [6, 6.07) is 6.98. The molecule has 0 saturated heterocycles. The van der Waals surface area contributed by atoms with Gasteiger partial charge in [0.05, 0.1) is 0 Å². The number of nitrogens with one attached hydrogen (secondary N) is 1. The van der Waals surface area contributed by atoms with Crippen molar-refractivity contribution in [3.63, 3.8) is 0 Å². The maximum absolute atomic E-state index is 11.1. The van der Waals surface area contributed by atoms with Gasteiger partial charge in [0.25, 0.3) is 5.91 Å². The molecule has 1 aromatic rings. The summed E-state index contributed by atoms with van der Waals surface area (Å²) in [6.45, 7) is 0. The number of benzene rings is 1. The SMILES string of the molecule is NNC(=O)c1ccc(C#CCCBr)cc1. The Hall–Kier alpha value is -1.31. The van der Waals surface area contributed by atoms with Crippen molar-refractivity contribution < 1.29 is 4.79 Å². The molecular weight excluding hydrogens is 256 g/mol. The number of nitrogen functional groups attached to an aromatic ring is 1. The van der Waals surface area contributed by atoms with E-state index in [0.29, 0.717) is 5.56 Å². The lowest BCUT2D eigenvalue weighted by atomic mass is 10.1. The van der Waals surface area contributed by atoms with Crippen LogP contribution in [0.5, 0.6) is 0 Å². The van der Waals surface area contributed by atoms with Gasteiger partial charge < -0.3 is 0 Å². The maximum atomic E-state index is 11.1. The summed E-state index contributed by atoms with van der Waals surface area (Å²) in [4.78, 5) is 11.1. The standard InChI is InChI=1S/C11H11BrN2O/c12-8-2-1-3-9-4-6-10(7-5-9)11(15)14-13/h4-7H,2,8,13H2,(H,14,15). The first kappa shape index (κ1) is 11.8. The van der Waals surface area contributed by atoms with Crippen LogP contribution in [0.25, 0.3) is 0 Å². The molecule has 78 valence electrons. The highest BCUT2D eigenvalue weighted by Gasteiger charge is 2.00. The lowest BCUT2D eigenvalue weighted by Gasteiger charge is -1.98. The van der Waals surface area contributed by atoms with Gasteiger partial charge in [0.15, 0.2) is 0 Å². The Morgan fingerprint density at radius 3 is 2.60 bits per heavy atom. The van der Waals surface area contributed by atoms with Crippen LogP contribution in [0.1, 0.15) is 22.3 Å². The first-order valence-electron chi connectivity index (χ1n) is 4.43. The largest absolute Gasteiger partial charge is 0.290 e. The van der Waals surface area contributed by atoms with Gasteiger partial charge in [-0.3, -0.25) is 10.2 Å². The smallest absolute Gasteiger partial charge is 0.265 e. The van der Waals surface area contributed by atoms with E-state index >= 15 is 0 Å². The third-order valence-electron chi connectivity index (χ3n) is 1.73. The molecule has 0 heterocycles. The van der Waals surface area contributed by atoms with Gasteiger partial charge in [-0.05, 0) is 24.3 Å². The fourth-order valence-corrected chi connectivity index (χ4v) is 1.20. The third-order valence-corrected chi connectivity index (χ3v) is 2.13. The summed E-state index contributed by atoms with van der Waals surface area (Å²) in [6.07, 6.45) is 0.811. The summed E-state index contributed by atoms with van der Waals surface area (Å²) in [7, 11) is 0. The van der Waals surface area contributed by atoms with Crippen LogP contribution in [0.2, 0.25) is 0 Å². The van der Waals surface area contributed by atoms with Crippen molar-refractivity contribution >= 4 is 21.8 Å². The average Bonchev–Trinajstić information content (AvgIpc) is 2.29. The molecule has 3 nitrogen and oxygen atoms in total. The zero-order valence-corrected chi connectivity index (χ0v) is 9.67. The molecule has 0 atom stereocenters. The molecule has 0 spiro atoms. The van der Waals surface area contributed by atoms with Gasteiger partial charge in [0, 0.05) is 22.9 Å². The van der Waals surface area contributed by atoms with Crippen LogP contribution >= 0.6 is 15.9 Å². The predicted molar refractivity (Wildman–Crippen MR) is 63.4 cm³/mol. The maximum Gasteiger partial charge on any atom is 0.265 e. The van der Waals surface area contributed by atoms with Crippen molar-refractivity contribution in [2.75, 3.05) is 5.33 Å². The Morgan fingerprint density at radius 2 is 2.07 bits per heavy atom. The number of hydrogen-bond donors (Lipinski definition) is 2. The molecule has 0 radical (unpaired) electrons. The molecule has 1 amide bonds. The molecule has 0 unspecified atom stereocenters. The van der Waals surface area contributed by atoms with E-state index in [4.69, 9.17) is 5.84 Å². The zero-order chi connectivity index (χ0) is 11.1. The molecule has 0 bridgehead atoms. The van der Waals surface area contributed by atoms with Gasteiger partial charge in [0.2, 0.25) is 0 Å². The summed E-state index contributed by atoms with van der Waals surface area (Å²) in [5, 5.41) is 0.869. The minimum Gasteiger partial charge on any atom is -0.290 e. The Kier molecular flexibility index (Phi) is 4.88. The molecule has 15 heavy (non-hydrogen) atoms. The molecule has 0 saturated carbocycles. The van der Waals surface area contributed by atoms with Crippen molar-refractivity contribution in [2.24, 2.45) is 5.84 Å². The lowest BCUT2D eigenvalue weighted by Crippen LogP contribution is -2.29. The van der Waals surface area contributed by atoms with Crippen LogP contribution in [-0.2, 0) is 0 Å². The van der Waals surface area contributed by atoms with Gasteiger partial charge in [0.1, 0.15) is 0 Å². The number of halogens is 1. The summed E-state index contributed by atoms with van der Waals surface area (Å²) < 4.78 is 0. The van der Waals surface area contributed by atoms with Gasteiger partial charge >= 0.3 is 0 Å². The van der Waals surface area contributed by atoms with Crippen LogP contribution in [0.3, 0.4) is 0 Å². The first-order chi connectivity index (χ1) is 7.27. The van der Waals surface area contributed by atoms with Gasteiger partial charge in [-0.1, -0.05) is 27.8 Å². The van der Waals surface area contributed by atoms with Crippen LogP contribution in [0, 0.1) is 11.8 Å². The minimum atomic E-state index is -0.296. The normalized spacial score (nSPS) is 8.93. The zero-order valence-electron chi connectivity index (χ0n) is 8.09. The van der Waals surface area contributed by atoms with Crippen molar-refractivity contribution in [1.29, 1.82) is 0 Å². The van der Waals surface area contributed by atoms with Crippen molar-refractivity contribution in [3.05, 3.63) is 35.4 Å². The van der Waals surface area contributed by atoms with E-state index < -0.39 is 0 Å². The number of hydrogen-bond acceptors (Lipinski definition) is 2. The number of nitrogens with two attached hydrogens (primary N) is 1. The molecule has 1 rings (SSSR count). The molecule has 4 heteroatoms. The number of carbonyl (C=O) groups is 1. The van der Waals surface area contributed by atoms with E-state index in [2.05, 4.69) is 33.2 Å². The summed E-state index contributed by atoms with van der Waals surface area (Å²) in [5.74, 6) is 10.7. The van der Waals surface area contributed by atoms with E-state index in [0.717, 1.165) is 17.3 Å². The average molecular weight is 267 g/mol. The Bertz CT molecular complexity index is 389. The molecule has 3 N–H and O–H groups in total. The van der Waals surface area contributed by atoms with Crippen molar-refractivity contribution in [2.45, 2.75) is 6.42 Å². The predicted octanol–water partition coefficient (Wildman–Crippen LogP) is 1.43. The van der Waals surface area contributed by atoms with Gasteiger partial charge in [-0.2, -0.15) is 0 Å². The van der Waals surface area contributed by atoms with Crippen molar-refractivity contribution in [3.8, 4) is 11.8 Å². The highest BCUT2D eigenvalue weighted by atomic mass is 79.9. The second kappa shape index (κ2) is 6.23. The van der Waals surface area contributed by atoms with E-state index in [-0.39, 0.29) is 5.91 Å². The Morgan fingerprint density at radius 1 is 1.40 bits per heavy atom. The van der Waals surface area contributed by atoms with Gasteiger partial charge in [-0.25, -0.2) is 5.84 Å². The second-order valence-electron chi connectivity index (χ2n) is 2.79. The first-order valence-corrected chi connectivity index (χ1v) is 5.56. The minimum absolute atomic E-state index is 0.296. The number of hydrazine groups is 1. The van der Waals surface area contributed by atoms with Crippen LogP contribution < -0.4 is 11.3 Å². The number of carbonyl (C=O) groups excluding carboxylic acids is 1. The molecule has 0 aliphatic heterocycles. The molecule has 1 aromatic carbocycles. The number of amides is 1. The Labute approximate surface area is 97.1 Å². The molecule has 0 aromatic heterocycles. The highest BCUT2D eigenvalue weighted by molar-refractivity contribution is 9.09. The Balaban J connectivity index is 2.73. The topological polar surface area (TPSA) is 55.1 Å². The van der Waals surface area contributed by atoms with E-state index in [1.54, 1.807) is 24.3 Å². The quantitative estimate of drug-likeness (QED) is 0.280. The number of rotatable bonds is 2. The lowest BCUT2D eigenvalue weighted by molar-refractivity contribution is 0.0953. The van der Waals surface area contributed by atoms with E-state index in [1.807, 2.05) is 0 Å². The number of alkyl halides is 1.